The lowest BCUT2D eigenvalue weighted by molar-refractivity contribution is 0.0384. The largest absolute Gasteiger partial charge is 0.379 e. The highest BCUT2D eigenvalue weighted by molar-refractivity contribution is 7.89. The van der Waals surface area contributed by atoms with Gasteiger partial charge in [-0.1, -0.05) is 12.1 Å². The van der Waals surface area contributed by atoms with Crippen molar-refractivity contribution in [2.45, 2.75) is 11.3 Å². The van der Waals surface area contributed by atoms with Crippen molar-refractivity contribution in [3.05, 3.63) is 53.6 Å². The topological polar surface area (TPSA) is 114 Å². The second-order valence-corrected chi connectivity index (χ2v) is 9.74. The van der Waals surface area contributed by atoms with Gasteiger partial charge in [0.2, 0.25) is 10.0 Å². The van der Waals surface area contributed by atoms with Gasteiger partial charge in [0.05, 0.1) is 36.9 Å². The van der Waals surface area contributed by atoms with Gasteiger partial charge in [0.1, 0.15) is 0 Å². The summed E-state index contributed by atoms with van der Waals surface area (Å²) < 4.78 is 34.5. The normalized spacial score (nSPS) is 17.7. The summed E-state index contributed by atoms with van der Waals surface area (Å²) in [6.07, 6.45) is 0.922. The van der Waals surface area contributed by atoms with Gasteiger partial charge in [-0.15, -0.1) is 0 Å². The first kappa shape index (κ1) is 23.7. The molecule has 0 aromatic heterocycles. The Bertz CT molecular complexity index is 1060. The van der Waals surface area contributed by atoms with Crippen LogP contribution in [-0.4, -0.2) is 78.4 Å². The van der Waals surface area contributed by atoms with Crippen molar-refractivity contribution in [3.63, 3.8) is 0 Å². The molecule has 178 valence electrons. The molecule has 0 aliphatic carbocycles. The zero-order valence-corrected chi connectivity index (χ0v) is 19.4. The Hall–Kier alpha value is -2.50. The smallest absolute Gasteiger partial charge is 0.257 e. The third kappa shape index (κ3) is 6.30. The van der Waals surface area contributed by atoms with Gasteiger partial charge in [-0.3, -0.25) is 9.69 Å². The molecule has 2 fully saturated rings. The second kappa shape index (κ2) is 10.6. The van der Waals surface area contributed by atoms with Gasteiger partial charge in [0.15, 0.2) is 0 Å². The van der Waals surface area contributed by atoms with E-state index in [-0.39, 0.29) is 16.4 Å². The predicted molar refractivity (Wildman–Crippen MR) is 126 cm³/mol. The number of hydrogen-bond acceptors (Lipinski definition) is 7. The van der Waals surface area contributed by atoms with Crippen LogP contribution in [0.4, 0.5) is 11.4 Å². The summed E-state index contributed by atoms with van der Waals surface area (Å²) >= 11 is 0. The van der Waals surface area contributed by atoms with Gasteiger partial charge >= 0.3 is 0 Å². The highest BCUT2D eigenvalue weighted by atomic mass is 32.2. The summed E-state index contributed by atoms with van der Waals surface area (Å²) in [5.74, 6) is -0.386. The molecule has 1 amide bonds. The van der Waals surface area contributed by atoms with Crippen molar-refractivity contribution in [2.75, 3.05) is 69.4 Å². The molecule has 0 saturated carbocycles. The highest BCUT2D eigenvalue weighted by Gasteiger charge is 2.22. The van der Waals surface area contributed by atoms with Crippen molar-refractivity contribution in [1.29, 1.82) is 0 Å². The fraction of sp³-hybridized carbons (Fsp3) is 0.435. The lowest BCUT2D eigenvalue weighted by Gasteiger charge is -2.30. The number of rotatable bonds is 7. The molecule has 0 unspecified atom stereocenters. The van der Waals surface area contributed by atoms with E-state index in [2.05, 4.69) is 10.2 Å². The van der Waals surface area contributed by atoms with Gasteiger partial charge in [-0.2, -0.15) is 0 Å². The van der Waals surface area contributed by atoms with E-state index in [9.17, 15) is 13.2 Å². The molecule has 2 saturated heterocycles. The van der Waals surface area contributed by atoms with Crippen molar-refractivity contribution in [1.82, 2.24) is 4.90 Å². The van der Waals surface area contributed by atoms with E-state index in [1.165, 1.54) is 17.7 Å². The third-order valence-corrected chi connectivity index (χ3v) is 6.84. The number of nitrogens with two attached hydrogens (primary N) is 1. The van der Waals surface area contributed by atoms with Crippen molar-refractivity contribution in [2.24, 2.45) is 5.14 Å². The zero-order valence-electron chi connectivity index (χ0n) is 18.5. The summed E-state index contributed by atoms with van der Waals surface area (Å²) in [4.78, 5) is 17.5. The molecule has 2 aromatic carbocycles. The first-order chi connectivity index (χ1) is 15.9. The number of anilines is 2. The molecule has 0 bridgehead atoms. The van der Waals surface area contributed by atoms with E-state index in [0.29, 0.717) is 37.7 Å². The maximum atomic E-state index is 13.2. The minimum absolute atomic E-state index is 0.0943. The number of carbonyl (C=O) groups excluding carboxylic acids is 1. The number of nitrogens with one attached hydrogen (secondary N) is 1. The number of sulfonamides is 1. The average molecular weight is 475 g/mol. The van der Waals surface area contributed by atoms with Crippen LogP contribution in [0.5, 0.6) is 0 Å². The Kier molecular flexibility index (Phi) is 7.61. The summed E-state index contributed by atoms with van der Waals surface area (Å²) in [5, 5.41) is 8.19. The first-order valence-electron chi connectivity index (χ1n) is 11.1. The SMILES string of the molecule is NS(=O)(=O)c1ccc(N2CCOCC2)c(C(=O)Nc2ccc(CCN3CCOCC3)cc2)c1. The summed E-state index contributed by atoms with van der Waals surface area (Å²) in [6.45, 7) is 6.77. The van der Waals surface area contributed by atoms with E-state index in [1.54, 1.807) is 6.07 Å². The molecule has 2 aromatic rings. The molecular formula is C23H30N4O5S. The Morgan fingerprint density at radius 2 is 1.58 bits per heavy atom. The van der Waals surface area contributed by atoms with Gasteiger partial charge < -0.3 is 19.7 Å². The van der Waals surface area contributed by atoms with E-state index in [4.69, 9.17) is 14.6 Å². The number of hydrogen-bond donors (Lipinski definition) is 2. The van der Waals surface area contributed by atoms with Gasteiger partial charge in [0, 0.05) is 44.1 Å². The molecular weight excluding hydrogens is 444 g/mol. The number of nitrogens with zero attached hydrogens (tertiary/aromatic N) is 2. The summed E-state index contributed by atoms with van der Waals surface area (Å²) in [7, 11) is -3.94. The van der Waals surface area contributed by atoms with Gasteiger partial charge in [0.25, 0.3) is 5.91 Å². The predicted octanol–water partition coefficient (Wildman–Crippen LogP) is 1.30. The standard InChI is InChI=1S/C23H30N4O5S/c24-33(29,30)20-5-6-22(27-11-15-32-16-12-27)21(17-20)23(28)25-19-3-1-18(2-4-19)7-8-26-9-13-31-14-10-26/h1-6,17H,7-16H2,(H,25,28)(H2,24,29,30). The van der Waals surface area contributed by atoms with E-state index < -0.39 is 10.0 Å². The monoisotopic (exact) mass is 474 g/mol. The molecule has 9 nitrogen and oxygen atoms in total. The fourth-order valence-electron chi connectivity index (χ4n) is 4.02. The van der Waals surface area contributed by atoms with Gasteiger partial charge in [-0.05, 0) is 42.3 Å². The van der Waals surface area contributed by atoms with Crippen LogP contribution < -0.4 is 15.4 Å². The van der Waals surface area contributed by atoms with Crippen LogP contribution in [0.1, 0.15) is 15.9 Å². The maximum absolute atomic E-state index is 13.2. The van der Waals surface area contributed by atoms with Crippen molar-refractivity contribution >= 4 is 27.3 Å². The molecule has 10 heteroatoms. The zero-order chi connectivity index (χ0) is 23.3. The van der Waals surface area contributed by atoms with Crippen LogP contribution in [0.15, 0.2) is 47.4 Å². The number of carbonyl (C=O) groups is 1. The Morgan fingerprint density at radius 1 is 0.939 bits per heavy atom. The second-order valence-electron chi connectivity index (χ2n) is 8.18. The summed E-state index contributed by atoms with van der Waals surface area (Å²) in [6, 6.07) is 12.1. The molecule has 0 atom stereocenters. The highest BCUT2D eigenvalue weighted by Crippen LogP contribution is 2.26. The molecule has 0 radical (unpaired) electrons. The number of amides is 1. The van der Waals surface area contributed by atoms with Crippen LogP contribution in [0.2, 0.25) is 0 Å². The summed E-state index contributed by atoms with van der Waals surface area (Å²) in [5.41, 5.74) is 2.75. The van der Waals surface area contributed by atoms with Crippen LogP contribution >= 0.6 is 0 Å². The van der Waals surface area contributed by atoms with E-state index in [0.717, 1.165) is 39.3 Å². The molecule has 3 N–H and O–H groups in total. The first-order valence-corrected chi connectivity index (χ1v) is 12.6. The maximum Gasteiger partial charge on any atom is 0.257 e. The van der Waals surface area contributed by atoms with Crippen LogP contribution in [0.25, 0.3) is 0 Å². The van der Waals surface area contributed by atoms with Crippen LogP contribution in [0, 0.1) is 0 Å². The van der Waals surface area contributed by atoms with Crippen LogP contribution in [-0.2, 0) is 25.9 Å². The number of benzene rings is 2. The molecule has 2 aliphatic rings. The number of primary sulfonamides is 1. The van der Waals surface area contributed by atoms with Crippen molar-refractivity contribution < 1.29 is 22.7 Å². The van der Waals surface area contributed by atoms with Crippen LogP contribution in [0.3, 0.4) is 0 Å². The Morgan fingerprint density at radius 3 is 2.21 bits per heavy atom. The van der Waals surface area contributed by atoms with Gasteiger partial charge in [-0.25, -0.2) is 13.6 Å². The lowest BCUT2D eigenvalue weighted by Crippen LogP contribution is -2.37. The molecule has 0 spiro atoms. The Balaban J connectivity index is 1.47. The molecule has 2 aliphatic heterocycles. The fourth-order valence-corrected chi connectivity index (χ4v) is 4.56. The minimum atomic E-state index is -3.94. The average Bonchev–Trinajstić information content (AvgIpc) is 2.84. The molecule has 33 heavy (non-hydrogen) atoms. The quantitative estimate of drug-likeness (QED) is 0.622. The lowest BCUT2D eigenvalue weighted by atomic mass is 10.1. The minimum Gasteiger partial charge on any atom is -0.379 e. The molecule has 2 heterocycles. The third-order valence-electron chi connectivity index (χ3n) is 5.93. The van der Waals surface area contributed by atoms with E-state index >= 15 is 0 Å². The number of morpholine rings is 2. The molecule has 4 rings (SSSR count). The number of ether oxygens (including phenoxy) is 2. The van der Waals surface area contributed by atoms with E-state index in [1.807, 2.05) is 29.2 Å². The Labute approximate surface area is 194 Å². The van der Waals surface area contributed by atoms with Crippen molar-refractivity contribution in [3.8, 4) is 0 Å².